The van der Waals surface area contributed by atoms with Crippen LogP contribution in [0.4, 0.5) is 9.52 Å². The molecule has 1 N–H and O–H groups in total. The van der Waals surface area contributed by atoms with Crippen LogP contribution in [-0.2, 0) is 9.84 Å². The van der Waals surface area contributed by atoms with E-state index >= 15 is 0 Å². The number of sulfone groups is 1. The van der Waals surface area contributed by atoms with Crippen molar-refractivity contribution in [3.63, 3.8) is 0 Å². The van der Waals surface area contributed by atoms with Crippen molar-refractivity contribution in [1.82, 2.24) is 4.98 Å². The Labute approximate surface area is 172 Å². The molecule has 0 aliphatic heterocycles. The lowest BCUT2D eigenvalue weighted by Gasteiger charge is -2.09. The van der Waals surface area contributed by atoms with Crippen molar-refractivity contribution in [2.24, 2.45) is 0 Å². The molecule has 0 saturated carbocycles. The van der Waals surface area contributed by atoms with Crippen molar-refractivity contribution >= 4 is 32.2 Å². The lowest BCUT2D eigenvalue weighted by atomic mass is 10.1. The van der Waals surface area contributed by atoms with E-state index in [9.17, 15) is 17.6 Å². The Morgan fingerprint density at radius 2 is 2.00 bits per heavy atom. The SMILES string of the molecule is CCCS(=O)(=O)c1ccccc1C(=O)Nc1nc(-c2cc(F)ccc2OC)cs1. The number of thiazole rings is 1. The van der Waals surface area contributed by atoms with E-state index in [4.69, 9.17) is 4.74 Å². The first-order chi connectivity index (χ1) is 13.9. The average Bonchev–Trinajstić information content (AvgIpc) is 3.16. The minimum Gasteiger partial charge on any atom is -0.496 e. The zero-order chi connectivity index (χ0) is 21.0. The Kier molecular flexibility index (Phi) is 6.29. The van der Waals surface area contributed by atoms with Crippen LogP contribution in [0.2, 0.25) is 0 Å². The topological polar surface area (TPSA) is 85.4 Å². The van der Waals surface area contributed by atoms with Crippen LogP contribution in [0.25, 0.3) is 11.3 Å². The van der Waals surface area contributed by atoms with Crippen molar-refractivity contribution < 1.29 is 22.3 Å². The number of halogens is 1. The van der Waals surface area contributed by atoms with E-state index in [1.165, 1.54) is 37.4 Å². The number of rotatable bonds is 7. The molecule has 0 aliphatic rings. The molecule has 0 aliphatic carbocycles. The van der Waals surface area contributed by atoms with Gasteiger partial charge < -0.3 is 4.74 Å². The maximum atomic E-state index is 13.6. The Balaban J connectivity index is 1.89. The Hall–Kier alpha value is -2.78. The Morgan fingerprint density at radius 1 is 1.24 bits per heavy atom. The monoisotopic (exact) mass is 434 g/mol. The highest BCUT2D eigenvalue weighted by atomic mass is 32.2. The molecule has 0 atom stereocenters. The van der Waals surface area contributed by atoms with E-state index in [-0.39, 0.29) is 21.3 Å². The number of amides is 1. The van der Waals surface area contributed by atoms with Crippen LogP contribution in [0.15, 0.2) is 52.7 Å². The fraction of sp³-hybridized carbons (Fsp3) is 0.200. The molecule has 0 fully saturated rings. The van der Waals surface area contributed by atoms with Crippen molar-refractivity contribution in [3.8, 4) is 17.0 Å². The van der Waals surface area contributed by atoms with Gasteiger partial charge in [0.25, 0.3) is 5.91 Å². The van der Waals surface area contributed by atoms with Gasteiger partial charge >= 0.3 is 0 Å². The summed E-state index contributed by atoms with van der Waals surface area (Å²) in [7, 11) is -2.09. The van der Waals surface area contributed by atoms with E-state index in [2.05, 4.69) is 10.3 Å². The van der Waals surface area contributed by atoms with Gasteiger partial charge in [0.1, 0.15) is 11.6 Å². The number of anilines is 1. The predicted molar refractivity (Wildman–Crippen MR) is 111 cm³/mol. The molecule has 0 saturated heterocycles. The third-order valence-electron chi connectivity index (χ3n) is 4.10. The molecule has 2 aromatic carbocycles. The molecule has 0 unspecified atom stereocenters. The lowest BCUT2D eigenvalue weighted by molar-refractivity contribution is 0.102. The molecule has 0 spiro atoms. The van der Waals surface area contributed by atoms with Gasteiger partial charge in [-0.2, -0.15) is 0 Å². The summed E-state index contributed by atoms with van der Waals surface area (Å²) in [4.78, 5) is 17.0. The number of hydrogen-bond acceptors (Lipinski definition) is 6. The minimum atomic E-state index is -3.57. The largest absolute Gasteiger partial charge is 0.496 e. The van der Waals surface area contributed by atoms with Crippen LogP contribution in [0.1, 0.15) is 23.7 Å². The molecule has 3 aromatic rings. The van der Waals surface area contributed by atoms with Gasteiger partial charge in [0.2, 0.25) is 0 Å². The molecule has 6 nitrogen and oxygen atoms in total. The summed E-state index contributed by atoms with van der Waals surface area (Å²) in [6.07, 6.45) is 0.448. The van der Waals surface area contributed by atoms with Gasteiger partial charge in [-0.3, -0.25) is 10.1 Å². The summed E-state index contributed by atoms with van der Waals surface area (Å²) in [6.45, 7) is 1.76. The van der Waals surface area contributed by atoms with Crippen molar-refractivity contribution in [2.45, 2.75) is 18.2 Å². The summed E-state index contributed by atoms with van der Waals surface area (Å²) in [5.41, 5.74) is 0.949. The first-order valence-electron chi connectivity index (χ1n) is 8.78. The number of methoxy groups -OCH3 is 1. The standard InChI is InChI=1S/C20H19FN2O4S2/c1-3-10-29(25,26)18-7-5-4-6-14(18)19(24)23-20-22-16(12-28-20)15-11-13(21)8-9-17(15)27-2/h4-9,11-12H,3,10H2,1-2H3,(H,22,23,24). The highest BCUT2D eigenvalue weighted by Crippen LogP contribution is 2.33. The zero-order valence-electron chi connectivity index (χ0n) is 15.8. The summed E-state index contributed by atoms with van der Waals surface area (Å²) in [5, 5.41) is 4.55. The van der Waals surface area contributed by atoms with Gasteiger partial charge in [0.05, 0.1) is 29.0 Å². The predicted octanol–water partition coefficient (Wildman–Crippen LogP) is 4.39. The second-order valence-electron chi connectivity index (χ2n) is 6.15. The van der Waals surface area contributed by atoms with Gasteiger partial charge in [-0.15, -0.1) is 11.3 Å². The fourth-order valence-corrected chi connectivity index (χ4v) is 5.05. The average molecular weight is 435 g/mol. The third kappa shape index (κ3) is 4.63. The zero-order valence-corrected chi connectivity index (χ0v) is 17.4. The van der Waals surface area contributed by atoms with Crippen molar-refractivity contribution in [1.29, 1.82) is 0 Å². The number of benzene rings is 2. The molecular formula is C20H19FN2O4S2. The number of aromatic nitrogens is 1. The quantitative estimate of drug-likeness (QED) is 0.596. The van der Waals surface area contributed by atoms with Gasteiger partial charge in [0, 0.05) is 10.9 Å². The smallest absolute Gasteiger partial charge is 0.258 e. The number of nitrogens with one attached hydrogen (secondary N) is 1. The number of carbonyl (C=O) groups excluding carboxylic acids is 1. The number of carbonyl (C=O) groups is 1. The molecule has 29 heavy (non-hydrogen) atoms. The molecule has 1 heterocycles. The Bertz CT molecular complexity index is 1140. The molecular weight excluding hydrogens is 415 g/mol. The summed E-state index contributed by atoms with van der Waals surface area (Å²) in [5.74, 6) is -0.606. The maximum absolute atomic E-state index is 13.6. The van der Waals surface area contributed by atoms with Crippen LogP contribution in [0.3, 0.4) is 0 Å². The molecule has 9 heteroatoms. The van der Waals surface area contributed by atoms with E-state index in [0.29, 0.717) is 23.4 Å². The first kappa shape index (κ1) is 20.9. The van der Waals surface area contributed by atoms with Crippen LogP contribution in [-0.4, -0.2) is 32.2 Å². The van der Waals surface area contributed by atoms with E-state index < -0.39 is 21.6 Å². The highest BCUT2D eigenvalue weighted by Gasteiger charge is 2.22. The Morgan fingerprint density at radius 3 is 2.72 bits per heavy atom. The second-order valence-corrected chi connectivity index (χ2v) is 9.09. The summed E-state index contributed by atoms with van der Waals surface area (Å²) in [6, 6.07) is 10.1. The van der Waals surface area contributed by atoms with Gasteiger partial charge in [0.15, 0.2) is 15.0 Å². The van der Waals surface area contributed by atoms with Gasteiger partial charge in [-0.05, 0) is 36.8 Å². The second kappa shape index (κ2) is 8.71. The maximum Gasteiger partial charge on any atom is 0.258 e. The molecule has 152 valence electrons. The van der Waals surface area contributed by atoms with Crippen LogP contribution in [0, 0.1) is 5.82 Å². The molecule has 1 amide bonds. The van der Waals surface area contributed by atoms with Gasteiger partial charge in [-0.25, -0.2) is 17.8 Å². The van der Waals surface area contributed by atoms with E-state index in [1.54, 1.807) is 24.4 Å². The molecule has 1 aromatic heterocycles. The normalized spacial score (nSPS) is 11.3. The van der Waals surface area contributed by atoms with Crippen LogP contribution < -0.4 is 10.1 Å². The highest BCUT2D eigenvalue weighted by molar-refractivity contribution is 7.91. The molecule has 0 bridgehead atoms. The molecule has 3 rings (SSSR count). The van der Waals surface area contributed by atoms with Crippen LogP contribution >= 0.6 is 11.3 Å². The van der Waals surface area contributed by atoms with E-state index in [0.717, 1.165) is 11.3 Å². The van der Waals surface area contributed by atoms with Gasteiger partial charge in [-0.1, -0.05) is 19.1 Å². The number of nitrogens with zero attached hydrogens (tertiary/aromatic N) is 1. The third-order valence-corrected chi connectivity index (χ3v) is 6.83. The lowest BCUT2D eigenvalue weighted by Crippen LogP contribution is -2.17. The van der Waals surface area contributed by atoms with Crippen molar-refractivity contribution in [3.05, 3.63) is 59.2 Å². The minimum absolute atomic E-state index is 0.0112. The summed E-state index contributed by atoms with van der Waals surface area (Å²) >= 11 is 1.15. The number of hydrogen-bond donors (Lipinski definition) is 1. The van der Waals surface area contributed by atoms with Crippen molar-refractivity contribution in [2.75, 3.05) is 18.2 Å². The number of ether oxygens (including phenoxy) is 1. The fourth-order valence-electron chi connectivity index (χ4n) is 2.80. The summed E-state index contributed by atoms with van der Waals surface area (Å²) < 4.78 is 43.8. The molecule has 0 radical (unpaired) electrons. The van der Waals surface area contributed by atoms with E-state index in [1.807, 2.05) is 0 Å². The first-order valence-corrected chi connectivity index (χ1v) is 11.3. The van der Waals surface area contributed by atoms with Crippen LogP contribution in [0.5, 0.6) is 5.75 Å².